The van der Waals surface area contributed by atoms with E-state index in [0.717, 1.165) is 17.8 Å². The Morgan fingerprint density at radius 3 is 2.58 bits per heavy atom. The van der Waals surface area contributed by atoms with E-state index in [4.69, 9.17) is 0 Å². The number of nitrogens with zero attached hydrogens (tertiary/aromatic N) is 3. The topological polar surface area (TPSA) is 65.5 Å². The van der Waals surface area contributed by atoms with E-state index < -0.39 is 0 Å². The summed E-state index contributed by atoms with van der Waals surface area (Å²) in [4.78, 5) is 32.9. The lowest BCUT2D eigenvalue weighted by molar-refractivity contribution is 0.0946. The molecule has 26 heavy (non-hydrogen) atoms. The molecule has 0 fully saturated rings. The maximum atomic E-state index is 12.9. The fourth-order valence-electron chi connectivity index (χ4n) is 2.57. The normalized spacial score (nSPS) is 10.7. The van der Waals surface area contributed by atoms with Crippen LogP contribution in [0.15, 0.2) is 42.6 Å². The highest BCUT2D eigenvalue weighted by Gasteiger charge is 2.18. The first kappa shape index (κ1) is 19.6. The van der Waals surface area contributed by atoms with Gasteiger partial charge in [0.1, 0.15) is 5.69 Å². The number of carbonyl (C=O) groups is 2. The van der Waals surface area contributed by atoms with Gasteiger partial charge in [-0.1, -0.05) is 12.1 Å². The van der Waals surface area contributed by atoms with Crippen LogP contribution in [0.5, 0.6) is 0 Å². The Bertz CT molecular complexity index is 774. The number of hydrogen-bond donors (Lipinski definition) is 1. The predicted molar refractivity (Wildman–Crippen MR) is 104 cm³/mol. The van der Waals surface area contributed by atoms with E-state index in [2.05, 4.69) is 10.3 Å². The fourth-order valence-corrected chi connectivity index (χ4v) is 2.57. The largest absolute Gasteiger partial charge is 0.349 e. The van der Waals surface area contributed by atoms with Crippen molar-refractivity contribution in [2.45, 2.75) is 13.8 Å². The molecular weight excluding hydrogens is 328 g/mol. The Morgan fingerprint density at radius 2 is 1.92 bits per heavy atom. The molecular formula is C20H26N4O2. The molecule has 1 heterocycles. The number of rotatable bonds is 7. The van der Waals surface area contributed by atoms with Gasteiger partial charge in [-0.2, -0.15) is 0 Å². The number of hydrogen-bond acceptors (Lipinski definition) is 4. The smallest absolute Gasteiger partial charge is 0.269 e. The zero-order valence-corrected chi connectivity index (χ0v) is 15.8. The minimum atomic E-state index is -0.278. The van der Waals surface area contributed by atoms with E-state index in [0.29, 0.717) is 18.7 Å². The van der Waals surface area contributed by atoms with Gasteiger partial charge in [0, 0.05) is 37.1 Å². The van der Waals surface area contributed by atoms with Crippen LogP contribution in [0.3, 0.4) is 0 Å². The highest BCUT2D eigenvalue weighted by atomic mass is 16.2. The zero-order valence-electron chi connectivity index (χ0n) is 15.8. The van der Waals surface area contributed by atoms with Crippen molar-refractivity contribution in [3.8, 4) is 0 Å². The lowest BCUT2D eigenvalue weighted by Crippen LogP contribution is -2.33. The van der Waals surface area contributed by atoms with E-state index >= 15 is 0 Å². The average Bonchev–Trinajstić information content (AvgIpc) is 2.62. The molecule has 2 aromatic rings. The average molecular weight is 354 g/mol. The second-order valence-electron chi connectivity index (χ2n) is 6.38. The third-order valence-electron chi connectivity index (χ3n) is 3.96. The number of anilines is 1. The van der Waals surface area contributed by atoms with Crippen LogP contribution in [0.2, 0.25) is 0 Å². The number of aromatic nitrogens is 1. The van der Waals surface area contributed by atoms with Crippen molar-refractivity contribution >= 4 is 17.5 Å². The molecule has 1 aromatic carbocycles. The Labute approximate surface area is 154 Å². The first-order valence-corrected chi connectivity index (χ1v) is 8.70. The number of nitrogens with one attached hydrogen (secondary N) is 1. The summed E-state index contributed by atoms with van der Waals surface area (Å²) in [6.45, 7) is 5.72. The molecule has 0 bridgehead atoms. The van der Waals surface area contributed by atoms with Crippen LogP contribution in [0.4, 0.5) is 5.69 Å². The van der Waals surface area contributed by atoms with Crippen LogP contribution in [0.25, 0.3) is 0 Å². The second-order valence-corrected chi connectivity index (χ2v) is 6.38. The van der Waals surface area contributed by atoms with Gasteiger partial charge in [-0.25, -0.2) is 0 Å². The highest BCUT2D eigenvalue weighted by molar-refractivity contribution is 6.07. The van der Waals surface area contributed by atoms with E-state index in [1.165, 1.54) is 6.20 Å². The molecule has 1 aromatic heterocycles. The molecule has 6 heteroatoms. The van der Waals surface area contributed by atoms with Gasteiger partial charge in [-0.05, 0) is 57.8 Å². The third kappa shape index (κ3) is 5.13. The van der Waals surface area contributed by atoms with Crippen LogP contribution in [-0.2, 0) is 0 Å². The van der Waals surface area contributed by atoms with Crippen LogP contribution in [0.1, 0.15) is 33.3 Å². The molecule has 0 radical (unpaired) electrons. The molecule has 0 unspecified atom stereocenters. The van der Waals surface area contributed by atoms with E-state index in [1.54, 1.807) is 17.0 Å². The quantitative estimate of drug-likeness (QED) is 0.829. The maximum absolute atomic E-state index is 12.9. The van der Waals surface area contributed by atoms with Crippen molar-refractivity contribution < 1.29 is 9.59 Å². The molecule has 0 spiro atoms. The predicted octanol–water partition coefficient (Wildman–Crippen LogP) is 2.35. The Morgan fingerprint density at radius 1 is 1.15 bits per heavy atom. The van der Waals surface area contributed by atoms with Crippen molar-refractivity contribution in [3.63, 3.8) is 0 Å². The van der Waals surface area contributed by atoms with Gasteiger partial charge in [0.05, 0.1) is 0 Å². The van der Waals surface area contributed by atoms with E-state index in [9.17, 15) is 9.59 Å². The summed E-state index contributed by atoms with van der Waals surface area (Å²) < 4.78 is 0. The lowest BCUT2D eigenvalue weighted by Gasteiger charge is -2.21. The molecule has 0 aliphatic carbocycles. The number of carbonyl (C=O) groups excluding carboxylic acids is 2. The highest BCUT2D eigenvalue weighted by Crippen LogP contribution is 2.18. The number of likely N-dealkylation sites (N-methyl/N-ethyl adjacent to an activating group) is 1. The first-order chi connectivity index (χ1) is 12.4. The standard InChI is InChI=1S/C20H26N4O2/c1-5-24(17-8-6-7-15(2)13-17)20(26)16-9-10-21-18(14-16)19(25)22-11-12-23(3)4/h6-10,13-14H,5,11-12H2,1-4H3,(H,22,25). The van der Waals surface area contributed by atoms with Crippen molar-refractivity contribution in [1.82, 2.24) is 15.2 Å². The summed E-state index contributed by atoms with van der Waals surface area (Å²) >= 11 is 0. The number of amides is 2. The van der Waals surface area contributed by atoms with Gasteiger partial charge in [0.15, 0.2) is 0 Å². The molecule has 138 valence electrons. The first-order valence-electron chi connectivity index (χ1n) is 8.70. The number of benzene rings is 1. The molecule has 0 aliphatic rings. The third-order valence-corrected chi connectivity index (χ3v) is 3.96. The number of aryl methyl sites for hydroxylation is 1. The van der Waals surface area contributed by atoms with Crippen molar-refractivity contribution in [2.75, 3.05) is 38.6 Å². The SMILES string of the molecule is CCN(C(=O)c1ccnc(C(=O)NCCN(C)C)c1)c1cccc(C)c1. The molecule has 0 saturated carbocycles. The number of pyridine rings is 1. The van der Waals surface area contributed by atoms with Crippen molar-refractivity contribution in [1.29, 1.82) is 0 Å². The lowest BCUT2D eigenvalue weighted by atomic mass is 10.1. The molecule has 6 nitrogen and oxygen atoms in total. The molecule has 0 saturated heterocycles. The Kier molecular flexibility index (Phi) is 6.86. The Hall–Kier alpha value is -2.73. The second kappa shape index (κ2) is 9.10. The summed E-state index contributed by atoms with van der Waals surface area (Å²) in [7, 11) is 3.88. The van der Waals surface area contributed by atoms with Gasteiger partial charge in [0.25, 0.3) is 11.8 Å². The van der Waals surface area contributed by atoms with Crippen LogP contribution in [0, 0.1) is 6.92 Å². The van der Waals surface area contributed by atoms with E-state index in [1.807, 2.05) is 57.1 Å². The molecule has 2 amide bonds. The summed E-state index contributed by atoms with van der Waals surface area (Å²) in [5.74, 6) is -0.428. The van der Waals surface area contributed by atoms with Gasteiger partial charge < -0.3 is 15.1 Å². The Balaban J connectivity index is 2.17. The fraction of sp³-hybridized carbons (Fsp3) is 0.350. The summed E-state index contributed by atoms with van der Waals surface area (Å²) in [5.41, 5.74) is 2.62. The van der Waals surface area contributed by atoms with Crippen LogP contribution in [-0.4, -0.2) is 55.4 Å². The molecule has 0 aliphatic heterocycles. The van der Waals surface area contributed by atoms with Gasteiger partial charge in [-0.15, -0.1) is 0 Å². The molecule has 0 atom stereocenters. The monoisotopic (exact) mass is 354 g/mol. The molecule has 2 rings (SSSR count). The van der Waals surface area contributed by atoms with Gasteiger partial charge in [0.2, 0.25) is 0 Å². The van der Waals surface area contributed by atoms with Crippen molar-refractivity contribution in [3.05, 3.63) is 59.4 Å². The molecule has 1 N–H and O–H groups in total. The van der Waals surface area contributed by atoms with Gasteiger partial charge in [-0.3, -0.25) is 14.6 Å². The minimum absolute atomic E-state index is 0.150. The van der Waals surface area contributed by atoms with Crippen LogP contribution >= 0.6 is 0 Å². The maximum Gasteiger partial charge on any atom is 0.269 e. The van der Waals surface area contributed by atoms with E-state index in [-0.39, 0.29) is 17.5 Å². The van der Waals surface area contributed by atoms with Gasteiger partial charge >= 0.3 is 0 Å². The van der Waals surface area contributed by atoms with Crippen LogP contribution < -0.4 is 10.2 Å². The summed E-state index contributed by atoms with van der Waals surface area (Å²) in [6, 6.07) is 11.0. The zero-order chi connectivity index (χ0) is 19.1. The van der Waals surface area contributed by atoms with Crippen molar-refractivity contribution in [2.24, 2.45) is 0 Å². The summed E-state index contributed by atoms with van der Waals surface area (Å²) in [6.07, 6.45) is 1.50. The summed E-state index contributed by atoms with van der Waals surface area (Å²) in [5, 5.41) is 2.81. The minimum Gasteiger partial charge on any atom is -0.349 e.